The molecule has 22 heavy (non-hydrogen) atoms. The van der Waals surface area contributed by atoms with Crippen molar-refractivity contribution in [2.75, 3.05) is 18.1 Å². The molecule has 0 aromatic rings. The summed E-state index contributed by atoms with van der Waals surface area (Å²) in [5.74, 6) is -1.45. The number of methoxy groups -OCH3 is 1. The Morgan fingerprint density at radius 2 is 2.05 bits per heavy atom. The highest BCUT2D eigenvalue weighted by molar-refractivity contribution is 14.1. The van der Waals surface area contributed by atoms with E-state index in [1.54, 1.807) is 6.92 Å². The third kappa shape index (κ3) is 3.57. The predicted octanol–water partition coefficient (Wildman–Crippen LogP) is 2.76. The minimum Gasteiger partial charge on any atom is -0.466 e. The second kappa shape index (κ2) is 7.98. The Kier molecular flexibility index (Phi) is 7.42. The molecular formula is C13H16Cl3IO5. The number of Topliss-reactive ketones (excluding diaryl/α,β-unsaturated/α-hetero) is 1. The summed E-state index contributed by atoms with van der Waals surface area (Å²) >= 11 is 20.4. The number of alkyl halides is 2. The molecule has 0 saturated heterocycles. The molecule has 1 aliphatic rings. The minimum atomic E-state index is -2.13. The molecule has 0 radical (unpaired) electrons. The molecular weight excluding hydrogens is 469 g/mol. The molecule has 9 heteroatoms. The molecule has 0 aromatic heterocycles. The first-order valence-corrected chi connectivity index (χ1v) is 9.10. The first-order valence-electron chi connectivity index (χ1n) is 6.44. The van der Waals surface area contributed by atoms with Crippen LogP contribution in [-0.4, -0.2) is 51.6 Å². The van der Waals surface area contributed by atoms with Gasteiger partial charge in [-0.2, -0.15) is 0 Å². The summed E-state index contributed by atoms with van der Waals surface area (Å²) in [6, 6.07) is 0. The van der Waals surface area contributed by atoms with Crippen molar-refractivity contribution in [1.29, 1.82) is 0 Å². The van der Waals surface area contributed by atoms with Gasteiger partial charge in [0, 0.05) is 18.0 Å². The van der Waals surface area contributed by atoms with Gasteiger partial charge in [-0.25, -0.2) is 0 Å². The molecule has 0 heterocycles. The van der Waals surface area contributed by atoms with Crippen LogP contribution in [0.25, 0.3) is 0 Å². The van der Waals surface area contributed by atoms with Gasteiger partial charge in [-0.1, -0.05) is 45.8 Å². The number of carbonyl (C=O) groups is 2. The predicted molar refractivity (Wildman–Crippen MR) is 92.8 cm³/mol. The average molecular weight is 486 g/mol. The highest BCUT2D eigenvalue weighted by atomic mass is 127. The number of aliphatic hydroxyl groups is 1. The molecule has 5 nitrogen and oxygen atoms in total. The quantitative estimate of drug-likeness (QED) is 0.341. The van der Waals surface area contributed by atoms with Crippen LogP contribution in [0.1, 0.15) is 19.8 Å². The lowest BCUT2D eigenvalue weighted by Gasteiger charge is -2.37. The lowest BCUT2D eigenvalue weighted by atomic mass is 9.82. The van der Waals surface area contributed by atoms with E-state index in [9.17, 15) is 14.7 Å². The zero-order chi connectivity index (χ0) is 17.1. The Balaban J connectivity index is 3.22. The summed E-state index contributed by atoms with van der Waals surface area (Å²) in [4.78, 5) is 22.3. The summed E-state index contributed by atoms with van der Waals surface area (Å²) in [7, 11) is 1.46. The number of ether oxygens (including phenoxy) is 2. The van der Waals surface area contributed by atoms with E-state index >= 15 is 0 Å². The molecule has 1 unspecified atom stereocenters. The molecule has 1 aliphatic carbocycles. The second-order valence-electron chi connectivity index (χ2n) is 4.82. The van der Waals surface area contributed by atoms with Crippen molar-refractivity contribution in [3.8, 4) is 0 Å². The maximum atomic E-state index is 12.4. The fraction of sp³-hybridized carbons (Fsp3) is 0.692. The van der Waals surface area contributed by atoms with Gasteiger partial charge < -0.3 is 14.6 Å². The number of ketones is 1. The molecule has 1 N–H and O–H groups in total. The summed E-state index contributed by atoms with van der Waals surface area (Å²) in [5, 5.41) is 10.2. The van der Waals surface area contributed by atoms with Crippen LogP contribution in [0.2, 0.25) is 0 Å². The van der Waals surface area contributed by atoms with E-state index < -0.39 is 34.8 Å². The second-order valence-corrected chi connectivity index (χ2v) is 7.10. The highest BCUT2D eigenvalue weighted by Crippen LogP contribution is 2.52. The number of carbonyl (C=O) groups excluding carboxylic acids is 2. The van der Waals surface area contributed by atoms with Gasteiger partial charge in [-0.15, -0.1) is 11.6 Å². The van der Waals surface area contributed by atoms with Gasteiger partial charge in [0.25, 0.3) is 0 Å². The first kappa shape index (κ1) is 20.4. The summed E-state index contributed by atoms with van der Waals surface area (Å²) < 4.78 is 10.6. The van der Waals surface area contributed by atoms with E-state index in [0.29, 0.717) is 4.43 Å². The van der Waals surface area contributed by atoms with Crippen LogP contribution in [0.15, 0.2) is 10.1 Å². The number of allylic oxidation sites excluding steroid dienone is 1. The van der Waals surface area contributed by atoms with Crippen molar-refractivity contribution >= 4 is 69.1 Å². The SMILES string of the molecule is CCOC(=O)C[C@]1(O)C(Cl)=C(Cl)C(=O)[C@]1(Cl)CC(CI)OC. The number of esters is 1. The molecule has 0 saturated carbocycles. The fourth-order valence-electron chi connectivity index (χ4n) is 2.23. The summed E-state index contributed by atoms with van der Waals surface area (Å²) in [6.07, 6.45) is -1.03. The van der Waals surface area contributed by atoms with Crippen molar-refractivity contribution in [2.45, 2.75) is 36.3 Å². The number of hydrogen-bond donors (Lipinski definition) is 1. The number of halogens is 4. The molecule has 126 valence electrons. The van der Waals surface area contributed by atoms with E-state index in [1.165, 1.54) is 7.11 Å². The van der Waals surface area contributed by atoms with Crippen molar-refractivity contribution in [2.24, 2.45) is 0 Å². The van der Waals surface area contributed by atoms with Gasteiger partial charge in [-0.05, 0) is 6.92 Å². The molecule has 0 fully saturated rings. The molecule has 0 spiro atoms. The molecule has 0 aliphatic heterocycles. The number of hydrogen-bond acceptors (Lipinski definition) is 5. The Morgan fingerprint density at radius 3 is 2.50 bits per heavy atom. The van der Waals surface area contributed by atoms with E-state index in [0.717, 1.165) is 0 Å². The highest BCUT2D eigenvalue weighted by Gasteiger charge is 2.64. The maximum absolute atomic E-state index is 12.4. The maximum Gasteiger partial charge on any atom is 0.309 e. The topological polar surface area (TPSA) is 72.8 Å². The average Bonchev–Trinajstić information content (AvgIpc) is 2.59. The molecule has 0 bridgehead atoms. The van der Waals surface area contributed by atoms with Gasteiger partial charge in [0.2, 0.25) is 0 Å². The largest absolute Gasteiger partial charge is 0.466 e. The lowest BCUT2D eigenvalue weighted by molar-refractivity contribution is -0.149. The van der Waals surface area contributed by atoms with Crippen LogP contribution >= 0.6 is 57.4 Å². The van der Waals surface area contributed by atoms with Gasteiger partial charge >= 0.3 is 5.97 Å². The molecule has 1 rings (SSSR count). The fourth-order valence-corrected chi connectivity index (χ4v) is 4.06. The van der Waals surface area contributed by atoms with Crippen LogP contribution < -0.4 is 0 Å². The van der Waals surface area contributed by atoms with Crippen molar-refractivity contribution in [3.63, 3.8) is 0 Å². The van der Waals surface area contributed by atoms with Crippen LogP contribution in [0.3, 0.4) is 0 Å². The van der Waals surface area contributed by atoms with Gasteiger partial charge in [0.15, 0.2) is 5.78 Å². The smallest absolute Gasteiger partial charge is 0.309 e. The lowest BCUT2D eigenvalue weighted by Crippen LogP contribution is -2.54. The van der Waals surface area contributed by atoms with Crippen LogP contribution in [-0.2, 0) is 19.1 Å². The number of rotatable bonds is 7. The van der Waals surface area contributed by atoms with E-state index in [1.807, 2.05) is 0 Å². The molecule has 3 atom stereocenters. The minimum absolute atomic E-state index is 0.0465. The first-order chi connectivity index (χ1) is 10.2. The third-order valence-electron chi connectivity index (χ3n) is 3.49. The van der Waals surface area contributed by atoms with Gasteiger partial charge in [0.05, 0.1) is 24.2 Å². The normalized spacial score (nSPS) is 29.9. The molecule has 0 amide bonds. The van der Waals surface area contributed by atoms with E-state index in [4.69, 9.17) is 44.3 Å². The Bertz CT molecular complexity index is 494. The van der Waals surface area contributed by atoms with Gasteiger partial charge in [-0.3, -0.25) is 9.59 Å². The van der Waals surface area contributed by atoms with Crippen molar-refractivity contribution in [3.05, 3.63) is 10.1 Å². The van der Waals surface area contributed by atoms with Crippen molar-refractivity contribution in [1.82, 2.24) is 0 Å². The summed E-state index contributed by atoms with van der Waals surface area (Å²) in [6.45, 7) is 1.75. The molecule has 0 aromatic carbocycles. The van der Waals surface area contributed by atoms with Gasteiger partial charge in [0.1, 0.15) is 15.5 Å². The van der Waals surface area contributed by atoms with E-state index in [-0.39, 0.29) is 23.1 Å². The zero-order valence-corrected chi connectivity index (χ0v) is 16.4. The standard InChI is InChI=1S/C13H16Cl3IO5/c1-3-22-8(18)5-13(20)10(15)9(14)11(19)12(13,16)4-7(6-17)21-2/h7,20H,3-6H2,1-2H3/t7?,12-,13+/m1/s1. The van der Waals surface area contributed by atoms with Crippen molar-refractivity contribution < 1.29 is 24.2 Å². The van der Waals surface area contributed by atoms with Crippen LogP contribution in [0.4, 0.5) is 0 Å². The van der Waals surface area contributed by atoms with E-state index in [2.05, 4.69) is 22.6 Å². The summed E-state index contributed by atoms with van der Waals surface area (Å²) in [5.41, 5.74) is -2.13. The monoisotopic (exact) mass is 484 g/mol. The van der Waals surface area contributed by atoms with Crippen LogP contribution in [0, 0.1) is 0 Å². The Morgan fingerprint density at radius 1 is 1.45 bits per heavy atom. The van der Waals surface area contributed by atoms with Crippen LogP contribution in [0.5, 0.6) is 0 Å². The zero-order valence-electron chi connectivity index (χ0n) is 12.0. The third-order valence-corrected chi connectivity index (χ3v) is 6.07. The Hall–Kier alpha value is 0.400. The Labute approximate surface area is 157 Å².